The molecule has 0 fully saturated rings. The van der Waals surface area contributed by atoms with Gasteiger partial charge in [-0.05, 0) is 31.2 Å². The van der Waals surface area contributed by atoms with Crippen molar-refractivity contribution >= 4 is 16.7 Å². The summed E-state index contributed by atoms with van der Waals surface area (Å²) in [6, 6.07) is 17.6. The number of nitrogens with zero attached hydrogens (tertiary/aromatic N) is 1. The molecule has 0 aliphatic carbocycles. The summed E-state index contributed by atoms with van der Waals surface area (Å²) in [5.74, 6) is 0.690. The molecule has 0 bridgehead atoms. The van der Waals surface area contributed by atoms with Crippen LogP contribution in [0.5, 0.6) is 5.75 Å². The van der Waals surface area contributed by atoms with E-state index >= 15 is 0 Å². The molecule has 0 unspecified atom stereocenters. The van der Waals surface area contributed by atoms with E-state index in [1.165, 1.54) is 0 Å². The van der Waals surface area contributed by atoms with Crippen LogP contribution < -0.4 is 10.3 Å². The van der Waals surface area contributed by atoms with E-state index in [4.69, 9.17) is 13.9 Å². The fourth-order valence-corrected chi connectivity index (χ4v) is 2.36. The maximum absolute atomic E-state index is 6.04. The molecule has 0 saturated heterocycles. The van der Waals surface area contributed by atoms with Crippen LogP contribution in [0.4, 0.5) is 5.69 Å². The average Bonchev–Trinajstić information content (AvgIpc) is 2.60. The van der Waals surface area contributed by atoms with E-state index in [-0.39, 0.29) is 0 Å². The first-order chi connectivity index (χ1) is 11.3. The first-order valence-electron chi connectivity index (χ1n) is 7.59. The minimum atomic E-state index is 0.457. The fourth-order valence-electron chi connectivity index (χ4n) is 2.36. The molecule has 2 aromatic carbocycles. The van der Waals surface area contributed by atoms with Crippen LogP contribution >= 0.6 is 0 Å². The third-order valence-corrected chi connectivity index (χ3v) is 3.48. The molecular weight excluding hydrogens is 290 g/mol. The summed E-state index contributed by atoms with van der Waals surface area (Å²) in [5, 5.41) is 0.964. The molecule has 4 heteroatoms. The average molecular weight is 309 g/mol. The fraction of sp³-hybridized carbons (Fsp3) is 0.211. The van der Waals surface area contributed by atoms with Gasteiger partial charge in [-0.15, -0.1) is 0 Å². The Kier molecular flexibility index (Phi) is 4.74. The van der Waals surface area contributed by atoms with E-state index in [0.29, 0.717) is 30.1 Å². The zero-order valence-electron chi connectivity index (χ0n) is 13.3. The number of fused-ring (bicyclic) bond motifs is 1. The monoisotopic (exact) mass is 309 g/mol. The highest BCUT2D eigenvalue weighted by atomic mass is 16.5. The van der Waals surface area contributed by atoms with Gasteiger partial charge in [0, 0.05) is 17.6 Å². The second-order valence-corrected chi connectivity index (χ2v) is 5.04. The Morgan fingerprint density at radius 1 is 1.04 bits per heavy atom. The molecule has 0 atom stereocenters. The number of rotatable bonds is 5. The van der Waals surface area contributed by atoms with E-state index in [2.05, 4.69) is 4.99 Å². The third kappa shape index (κ3) is 3.43. The lowest BCUT2D eigenvalue weighted by atomic mass is 10.2. The second-order valence-electron chi connectivity index (χ2n) is 5.04. The first-order valence-corrected chi connectivity index (χ1v) is 7.59. The Hall–Kier alpha value is -2.59. The molecule has 0 amide bonds. The van der Waals surface area contributed by atoms with Gasteiger partial charge < -0.3 is 13.9 Å². The predicted molar refractivity (Wildman–Crippen MR) is 89.8 cm³/mol. The lowest BCUT2D eigenvalue weighted by Gasteiger charge is -2.08. The molecule has 0 N–H and O–H groups in total. The molecule has 0 aliphatic heterocycles. The van der Waals surface area contributed by atoms with Gasteiger partial charge in [-0.25, -0.2) is 4.99 Å². The Balaban J connectivity index is 2.21. The van der Waals surface area contributed by atoms with Crippen LogP contribution in [-0.2, 0) is 11.3 Å². The van der Waals surface area contributed by atoms with E-state index in [0.717, 1.165) is 16.6 Å². The Bertz CT molecular complexity index is 853. The van der Waals surface area contributed by atoms with Gasteiger partial charge in [-0.3, -0.25) is 0 Å². The smallest absolute Gasteiger partial charge is 0.225 e. The highest BCUT2D eigenvalue weighted by Gasteiger charge is 2.08. The lowest BCUT2D eigenvalue weighted by Crippen LogP contribution is -2.11. The molecule has 118 valence electrons. The first kappa shape index (κ1) is 15.3. The van der Waals surface area contributed by atoms with Gasteiger partial charge in [0.15, 0.2) is 11.3 Å². The minimum Gasteiger partial charge on any atom is -0.493 e. The van der Waals surface area contributed by atoms with Gasteiger partial charge >= 0.3 is 0 Å². The SMILES string of the molecule is CCOCc1cc2cccc(OC)c2o/c1=N\c1ccccc1. The van der Waals surface area contributed by atoms with E-state index in [1.54, 1.807) is 7.11 Å². The van der Waals surface area contributed by atoms with E-state index in [1.807, 2.05) is 61.5 Å². The number of ether oxygens (including phenoxy) is 2. The highest BCUT2D eigenvalue weighted by molar-refractivity contribution is 5.82. The van der Waals surface area contributed by atoms with Crippen LogP contribution in [0.25, 0.3) is 11.0 Å². The topological polar surface area (TPSA) is 44.0 Å². The molecule has 1 heterocycles. The van der Waals surface area contributed by atoms with Crippen LogP contribution in [0, 0.1) is 0 Å². The van der Waals surface area contributed by atoms with Crippen LogP contribution in [0.3, 0.4) is 0 Å². The van der Waals surface area contributed by atoms with Crippen molar-refractivity contribution in [1.29, 1.82) is 0 Å². The van der Waals surface area contributed by atoms with Crippen LogP contribution in [0.2, 0.25) is 0 Å². The number of methoxy groups -OCH3 is 1. The van der Waals surface area contributed by atoms with Crippen molar-refractivity contribution < 1.29 is 13.9 Å². The van der Waals surface area contributed by atoms with Crippen molar-refractivity contribution in [3.05, 3.63) is 65.7 Å². The molecule has 0 radical (unpaired) electrons. The van der Waals surface area contributed by atoms with E-state index < -0.39 is 0 Å². The molecule has 3 aromatic rings. The molecular formula is C19H19NO3. The van der Waals surface area contributed by atoms with Crippen LogP contribution in [0.1, 0.15) is 12.5 Å². The van der Waals surface area contributed by atoms with E-state index in [9.17, 15) is 0 Å². The summed E-state index contributed by atoms with van der Waals surface area (Å²) in [7, 11) is 1.63. The van der Waals surface area contributed by atoms with Crippen molar-refractivity contribution in [2.45, 2.75) is 13.5 Å². The zero-order chi connectivity index (χ0) is 16.1. The van der Waals surface area contributed by atoms with Crippen molar-refractivity contribution in [2.75, 3.05) is 13.7 Å². The Morgan fingerprint density at radius 3 is 2.61 bits per heavy atom. The molecule has 3 rings (SSSR count). The lowest BCUT2D eigenvalue weighted by molar-refractivity contribution is 0.131. The van der Waals surface area contributed by atoms with Crippen molar-refractivity contribution in [1.82, 2.24) is 0 Å². The summed E-state index contributed by atoms with van der Waals surface area (Å²) in [6.07, 6.45) is 0. The highest BCUT2D eigenvalue weighted by Crippen LogP contribution is 2.25. The summed E-state index contributed by atoms with van der Waals surface area (Å²) in [4.78, 5) is 4.62. The number of para-hydroxylation sites is 2. The molecule has 1 aromatic heterocycles. The number of hydrogen-bond donors (Lipinski definition) is 0. The van der Waals surface area contributed by atoms with Gasteiger partial charge in [0.25, 0.3) is 0 Å². The van der Waals surface area contributed by atoms with Crippen LogP contribution in [-0.4, -0.2) is 13.7 Å². The minimum absolute atomic E-state index is 0.457. The summed E-state index contributed by atoms with van der Waals surface area (Å²) >= 11 is 0. The third-order valence-electron chi connectivity index (χ3n) is 3.48. The molecule has 4 nitrogen and oxygen atoms in total. The van der Waals surface area contributed by atoms with Crippen molar-refractivity contribution in [2.24, 2.45) is 4.99 Å². The van der Waals surface area contributed by atoms with Crippen molar-refractivity contribution in [3.8, 4) is 5.75 Å². The zero-order valence-corrected chi connectivity index (χ0v) is 13.3. The van der Waals surface area contributed by atoms with Gasteiger partial charge in [-0.2, -0.15) is 0 Å². The van der Waals surface area contributed by atoms with Gasteiger partial charge in [0.2, 0.25) is 5.55 Å². The van der Waals surface area contributed by atoms with Gasteiger partial charge in [0.05, 0.1) is 19.4 Å². The number of benzene rings is 2. The number of hydrogen-bond acceptors (Lipinski definition) is 4. The maximum Gasteiger partial charge on any atom is 0.225 e. The van der Waals surface area contributed by atoms with Crippen molar-refractivity contribution in [3.63, 3.8) is 0 Å². The Morgan fingerprint density at radius 2 is 1.87 bits per heavy atom. The van der Waals surface area contributed by atoms with Gasteiger partial charge in [-0.1, -0.05) is 30.3 Å². The summed E-state index contributed by atoms with van der Waals surface area (Å²) < 4.78 is 17.0. The van der Waals surface area contributed by atoms with Gasteiger partial charge in [0.1, 0.15) is 0 Å². The molecule has 0 saturated carbocycles. The maximum atomic E-state index is 6.04. The molecule has 0 aliphatic rings. The largest absolute Gasteiger partial charge is 0.493 e. The second kappa shape index (κ2) is 7.11. The predicted octanol–water partition coefficient (Wildman–Crippen LogP) is 4.21. The quantitative estimate of drug-likeness (QED) is 0.709. The standard InChI is InChI=1S/C19H19NO3/c1-3-22-13-15-12-14-8-7-11-17(21-2)18(14)23-19(15)20-16-9-5-4-6-10-16/h4-12H,3,13H2,1-2H3/b20-19-. The summed E-state index contributed by atoms with van der Waals surface area (Å²) in [5.41, 5.74) is 2.98. The molecule has 0 spiro atoms. The Labute approximate surface area is 135 Å². The van der Waals surface area contributed by atoms with Crippen LogP contribution in [0.15, 0.2) is 64.0 Å². The summed E-state index contributed by atoms with van der Waals surface area (Å²) in [6.45, 7) is 3.06. The molecule has 23 heavy (non-hydrogen) atoms. The normalized spacial score (nSPS) is 11.8.